The van der Waals surface area contributed by atoms with Gasteiger partial charge in [0.15, 0.2) is 40.3 Å². The number of aromatic hydroxyl groups is 4. The van der Waals surface area contributed by atoms with E-state index in [9.17, 15) is 52.3 Å². The van der Waals surface area contributed by atoms with Crippen molar-refractivity contribution < 1.29 is 66.3 Å². The standard InChI is InChI=1S/C39H39FN3O13PS2/c1-2-27-28-19-35(55-15-5-13-42-38(49)24-9-12-32(46)34(48)17-24)36(54-14-4-3-6-30(44)23-8-11-31(45)33(47)16-23)20-37(28)58-39(27)59(52,53)43-22-57(50,51)56-26-10-7-25(21-41)29(40)18-26/h7-12,16-20,43,45-48H,2-6,13-15,22H2,1H3,(H,42,49)(H,50,51). The predicted molar refractivity (Wildman–Crippen MR) is 214 cm³/mol. The average molecular weight is 872 g/mol. The summed E-state index contributed by atoms with van der Waals surface area (Å²) in [4.78, 5) is 35.5. The third kappa shape index (κ3) is 11.4. The molecule has 5 aromatic rings. The number of ketones is 1. The third-order valence-electron chi connectivity index (χ3n) is 8.64. The zero-order valence-electron chi connectivity index (χ0n) is 31.3. The number of hydrogen-bond acceptors (Lipinski definition) is 14. The van der Waals surface area contributed by atoms with Gasteiger partial charge < -0.3 is 44.6 Å². The highest BCUT2D eigenvalue weighted by atomic mass is 32.2. The first kappa shape index (κ1) is 44.2. The van der Waals surface area contributed by atoms with Crippen molar-refractivity contribution in [1.82, 2.24) is 10.0 Å². The molecule has 0 bridgehead atoms. The number of rotatable bonds is 20. The van der Waals surface area contributed by atoms with Crippen molar-refractivity contribution >= 4 is 50.7 Å². The van der Waals surface area contributed by atoms with Gasteiger partial charge in [0, 0.05) is 46.3 Å². The number of hydrogen-bond donors (Lipinski definition) is 7. The summed E-state index contributed by atoms with van der Waals surface area (Å²) in [5.74, 6) is -3.19. The van der Waals surface area contributed by atoms with E-state index in [-0.39, 0.29) is 88.0 Å². The Morgan fingerprint density at radius 3 is 2.15 bits per heavy atom. The normalized spacial score (nSPS) is 12.4. The first-order chi connectivity index (χ1) is 28.0. The number of thiophene rings is 1. The van der Waals surface area contributed by atoms with Gasteiger partial charge in [-0.1, -0.05) is 6.92 Å². The van der Waals surface area contributed by atoms with Crippen LogP contribution in [-0.2, 0) is 21.0 Å². The number of ether oxygens (including phenoxy) is 2. The number of Topliss-reactive ketones (excluding diaryl/α,β-unsaturated/α-hetero) is 1. The van der Waals surface area contributed by atoms with E-state index >= 15 is 0 Å². The van der Waals surface area contributed by atoms with Crippen molar-refractivity contribution in [3.05, 3.63) is 94.8 Å². The second-order valence-corrected chi connectivity index (χ2v) is 17.7. The molecule has 1 atom stereocenters. The molecule has 59 heavy (non-hydrogen) atoms. The molecule has 0 saturated heterocycles. The number of sulfonamides is 1. The fourth-order valence-electron chi connectivity index (χ4n) is 5.62. The number of nitrogens with zero attached hydrogens (tertiary/aromatic N) is 1. The van der Waals surface area contributed by atoms with E-state index in [1.165, 1.54) is 30.3 Å². The molecule has 7 N–H and O–H groups in total. The van der Waals surface area contributed by atoms with Crippen molar-refractivity contribution in [2.24, 2.45) is 0 Å². The zero-order chi connectivity index (χ0) is 42.9. The molecule has 312 valence electrons. The highest BCUT2D eigenvalue weighted by molar-refractivity contribution is 7.92. The Morgan fingerprint density at radius 2 is 1.51 bits per heavy atom. The van der Waals surface area contributed by atoms with Crippen molar-refractivity contribution in [1.29, 1.82) is 5.26 Å². The SMILES string of the molecule is CCc1c(S(=O)(=O)NCP(=O)(O)Oc2ccc(C#N)c(F)c2)sc2cc(OCCCCC(=O)c3ccc(O)c(O)c3)c(OCCCNC(=O)c3ccc(O)c(O)c3)cc12. The number of aryl methyl sites for hydroxylation is 1. The Hall–Kier alpha value is -5.90. The number of halogens is 1. The minimum Gasteiger partial charge on any atom is -0.504 e. The number of nitriles is 1. The largest absolute Gasteiger partial charge is 0.504 e. The predicted octanol–water partition coefficient (Wildman–Crippen LogP) is 6.43. The van der Waals surface area contributed by atoms with Gasteiger partial charge in [0.05, 0.1) is 18.8 Å². The van der Waals surface area contributed by atoms with Crippen LogP contribution in [0.25, 0.3) is 10.1 Å². The summed E-state index contributed by atoms with van der Waals surface area (Å²) in [6, 6.07) is 15.2. The van der Waals surface area contributed by atoms with Crippen molar-refractivity contribution in [2.45, 2.75) is 43.2 Å². The van der Waals surface area contributed by atoms with Crippen molar-refractivity contribution in [2.75, 3.05) is 26.0 Å². The van der Waals surface area contributed by atoms with Crippen LogP contribution in [0.3, 0.4) is 0 Å². The number of amides is 1. The van der Waals surface area contributed by atoms with Gasteiger partial charge in [-0.3, -0.25) is 9.59 Å². The molecule has 0 fully saturated rings. The molecule has 1 unspecified atom stereocenters. The summed E-state index contributed by atoms with van der Waals surface area (Å²) in [6.07, 6.45) is 0.425. The molecule has 0 aliphatic carbocycles. The Labute approximate surface area is 341 Å². The smallest absolute Gasteiger partial charge is 0.391 e. The number of benzene rings is 4. The lowest BCUT2D eigenvalue weighted by atomic mass is 10.1. The van der Waals surface area contributed by atoms with Crippen LogP contribution in [0.15, 0.2) is 70.9 Å². The van der Waals surface area contributed by atoms with E-state index in [4.69, 9.17) is 19.3 Å². The third-order valence-corrected chi connectivity index (χ3v) is 13.1. The summed E-state index contributed by atoms with van der Waals surface area (Å²) >= 11 is 0.879. The molecular formula is C39H39FN3O13PS2. The lowest BCUT2D eigenvalue weighted by molar-refractivity contribution is 0.0948. The summed E-state index contributed by atoms with van der Waals surface area (Å²) < 4.78 is 73.6. The molecule has 0 aliphatic heterocycles. The van der Waals surface area contributed by atoms with E-state index in [1.54, 1.807) is 25.1 Å². The van der Waals surface area contributed by atoms with Gasteiger partial charge in [-0.25, -0.2) is 17.4 Å². The molecule has 0 radical (unpaired) electrons. The van der Waals surface area contributed by atoms with Gasteiger partial charge in [0.25, 0.3) is 15.9 Å². The van der Waals surface area contributed by atoms with Gasteiger partial charge in [-0.2, -0.15) is 9.98 Å². The van der Waals surface area contributed by atoms with Gasteiger partial charge in [-0.05, 0) is 85.8 Å². The zero-order valence-corrected chi connectivity index (χ0v) is 33.8. The molecule has 1 amide bonds. The number of carbonyl (C=O) groups excluding carboxylic acids is 2. The van der Waals surface area contributed by atoms with Crippen LogP contribution in [-0.4, -0.2) is 71.5 Å². The Bertz CT molecular complexity index is 2580. The maximum absolute atomic E-state index is 14.0. The molecular weight excluding hydrogens is 833 g/mol. The van der Waals surface area contributed by atoms with Crippen LogP contribution in [0.4, 0.5) is 4.39 Å². The molecule has 0 spiro atoms. The first-order valence-electron chi connectivity index (χ1n) is 17.9. The van der Waals surface area contributed by atoms with E-state index in [2.05, 4.69) is 10.0 Å². The first-order valence-corrected chi connectivity index (χ1v) is 22.0. The van der Waals surface area contributed by atoms with Gasteiger partial charge in [-0.15, -0.1) is 11.3 Å². The Balaban J connectivity index is 1.30. The molecule has 0 aliphatic rings. The minimum absolute atomic E-state index is 0.0736. The maximum atomic E-state index is 14.0. The quantitative estimate of drug-likeness (QED) is 0.0193. The van der Waals surface area contributed by atoms with Crippen LogP contribution >= 0.6 is 18.9 Å². The van der Waals surface area contributed by atoms with Crippen LogP contribution in [0.5, 0.6) is 40.2 Å². The van der Waals surface area contributed by atoms with Crippen molar-refractivity contribution in [3.8, 4) is 46.3 Å². The Kier molecular flexibility index (Phi) is 14.4. The van der Waals surface area contributed by atoms with E-state index in [0.717, 1.165) is 35.6 Å². The van der Waals surface area contributed by atoms with Gasteiger partial charge >= 0.3 is 7.60 Å². The monoisotopic (exact) mass is 871 g/mol. The molecule has 20 heteroatoms. The van der Waals surface area contributed by atoms with E-state index in [0.29, 0.717) is 34.9 Å². The number of phenols is 4. The molecule has 1 aromatic heterocycles. The topological polar surface area (TPSA) is 262 Å². The van der Waals surface area contributed by atoms with E-state index in [1.807, 2.05) is 0 Å². The highest BCUT2D eigenvalue weighted by Crippen LogP contribution is 2.44. The summed E-state index contributed by atoms with van der Waals surface area (Å²) in [7, 11) is -9.14. The lowest BCUT2D eigenvalue weighted by Gasteiger charge is -2.15. The summed E-state index contributed by atoms with van der Waals surface area (Å²) in [5.41, 5.74) is 0.426. The fraction of sp³-hybridized carbons (Fsp3) is 0.256. The molecule has 1 heterocycles. The van der Waals surface area contributed by atoms with Crippen LogP contribution in [0.1, 0.15) is 64.4 Å². The van der Waals surface area contributed by atoms with Gasteiger partial charge in [0.1, 0.15) is 28.1 Å². The number of nitrogens with one attached hydrogen (secondary N) is 2. The second-order valence-electron chi connectivity index (χ2n) is 12.9. The number of fused-ring (bicyclic) bond motifs is 1. The summed E-state index contributed by atoms with van der Waals surface area (Å²) in [6.45, 7) is 2.09. The number of unbranched alkanes of at least 4 members (excludes halogenated alkanes) is 1. The second kappa shape index (κ2) is 19.2. The molecule has 5 rings (SSSR count). The highest BCUT2D eigenvalue weighted by Gasteiger charge is 2.30. The molecule has 4 aromatic carbocycles. The molecule has 16 nitrogen and oxygen atoms in total. The lowest BCUT2D eigenvalue weighted by Crippen LogP contribution is -2.26. The minimum atomic E-state index is -4.71. The van der Waals surface area contributed by atoms with Crippen LogP contribution < -0.4 is 24.0 Å². The van der Waals surface area contributed by atoms with E-state index < -0.39 is 47.1 Å². The number of phenolic OH excluding ortho intramolecular Hbond substituents is 4. The molecule has 0 saturated carbocycles. The van der Waals surface area contributed by atoms with Crippen LogP contribution in [0, 0.1) is 17.1 Å². The van der Waals surface area contributed by atoms with Crippen molar-refractivity contribution in [3.63, 3.8) is 0 Å². The fourth-order valence-corrected chi connectivity index (χ4v) is 10.1. The summed E-state index contributed by atoms with van der Waals surface area (Å²) in [5, 5.41) is 50.6. The number of carbonyl (C=O) groups is 2. The van der Waals surface area contributed by atoms with Crippen LogP contribution in [0.2, 0.25) is 0 Å². The maximum Gasteiger partial charge on any atom is 0.391 e. The Morgan fingerprint density at radius 1 is 0.864 bits per heavy atom. The average Bonchev–Trinajstić information content (AvgIpc) is 3.57. The van der Waals surface area contributed by atoms with Gasteiger partial charge in [0.2, 0.25) is 0 Å².